The lowest BCUT2D eigenvalue weighted by Crippen LogP contribution is -2.61. The number of halogens is 1. The molecule has 6 heteroatoms. The molecule has 1 saturated carbocycles. The van der Waals surface area contributed by atoms with Gasteiger partial charge in [0.15, 0.2) is 11.3 Å². The Morgan fingerprint density at radius 1 is 1.03 bits per heavy atom. The summed E-state index contributed by atoms with van der Waals surface area (Å²) in [5, 5.41) is 3.59. The Balaban J connectivity index is 1.73. The maximum atomic E-state index is 13.8. The van der Waals surface area contributed by atoms with Crippen molar-refractivity contribution in [2.24, 2.45) is 0 Å². The van der Waals surface area contributed by atoms with Crippen LogP contribution in [0.15, 0.2) is 60.2 Å². The largest absolute Gasteiger partial charge is 0.351 e. The van der Waals surface area contributed by atoms with Gasteiger partial charge in [0, 0.05) is 35.7 Å². The number of likely N-dealkylation sites (tertiary alicyclic amines) is 1. The van der Waals surface area contributed by atoms with E-state index >= 15 is 0 Å². The number of likely N-dealkylation sites (N-methyl/N-ethyl adjacent to an activating group) is 1. The summed E-state index contributed by atoms with van der Waals surface area (Å²) in [5.74, 6) is -1.11. The highest BCUT2D eigenvalue weighted by molar-refractivity contribution is 6.31. The lowest BCUT2D eigenvalue weighted by molar-refractivity contribution is -0.137. The number of ketones is 1. The van der Waals surface area contributed by atoms with E-state index < -0.39 is 17.2 Å². The molecule has 0 aromatic heterocycles. The average Bonchev–Trinajstić information content (AvgIpc) is 3.06. The number of hydrogen-bond donors (Lipinski definition) is 1. The Bertz CT molecular complexity index is 1040. The summed E-state index contributed by atoms with van der Waals surface area (Å²) in [6.07, 6.45) is 6.83. The van der Waals surface area contributed by atoms with Crippen LogP contribution in [0.4, 0.5) is 0 Å². The molecule has 1 atom stereocenters. The zero-order chi connectivity index (χ0) is 22.7. The smallest absolute Gasteiger partial charge is 0.254 e. The highest BCUT2D eigenvalue weighted by Crippen LogP contribution is 2.37. The molecule has 2 fully saturated rings. The first-order valence-corrected chi connectivity index (χ1v) is 11.4. The highest BCUT2D eigenvalue weighted by Gasteiger charge is 2.57. The van der Waals surface area contributed by atoms with Gasteiger partial charge in [-0.2, -0.15) is 0 Å². The van der Waals surface area contributed by atoms with Gasteiger partial charge in [0.1, 0.15) is 0 Å². The van der Waals surface area contributed by atoms with E-state index in [1.165, 1.54) is 4.90 Å². The van der Waals surface area contributed by atoms with E-state index in [-0.39, 0.29) is 18.4 Å². The third kappa shape index (κ3) is 4.22. The van der Waals surface area contributed by atoms with E-state index in [4.69, 9.17) is 11.6 Å². The van der Waals surface area contributed by atoms with E-state index in [0.717, 1.165) is 37.7 Å². The molecule has 4 rings (SSSR count). The van der Waals surface area contributed by atoms with Crippen LogP contribution in [0.25, 0.3) is 6.08 Å². The molecule has 1 heterocycles. The molecule has 0 bridgehead atoms. The fourth-order valence-electron chi connectivity index (χ4n) is 4.68. The van der Waals surface area contributed by atoms with Crippen LogP contribution in [0.2, 0.25) is 5.02 Å². The third-order valence-corrected chi connectivity index (χ3v) is 6.79. The van der Waals surface area contributed by atoms with E-state index in [1.54, 1.807) is 37.4 Å². The van der Waals surface area contributed by atoms with E-state index in [0.29, 0.717) is 16.2 Å². The van der Waals surface area contributed by atoms with Gasteiger partial charge < -0.3 is 10.2 Å². The molecule has 1 aliphatic heterocycles. The highest BCUT2D eigenvalue weighted by atomic mass is 35.5. The Morgan fingerprint density at radius 3 is 2.34 bits per heavy atom. The van der Waals surface area contributed by atoms with Gasteiger partial charge in [-0.05, 0) is 48.7 Å². The number of amides is 2. The predicted molar refractivity (Wildman–Crippen MR) is 125 cm³/mol. The van der Waals surface area contributed by atoms with Gasteiger partial charge >= 0.3 is 0 Å². The minimum absolute atomic E-state index is 0.0248. The van der Waals surface area contributed by atoms with Gasteiger partial charge in [-0.15, -0.1) is 0 Å². The summed E-state index contributed by atoms with van der Waals surface area (Å²) in [6, 6.07) is 15.9. The van der Waals surface area contributed by atoms with Gasteiger partial charge in [-0.3, -0.25) is 14.4 Å². The second-order valence-corrected chi connectivity index (χ2v) is 9.06. The van der Waals surface area contributed by atoms with Crippen molar-refractivity contribution in [3.63, 3.8) is 0 Å². The SMILES string of the molecule is CN1C(=O)/C(=C/c2ccccc2)CC1(C(=O)NC1CCCCC1)C(=O)c1ccc(Cl)cc1. The monoisotopic (exact) mass is 450 g/mol. The first-order chi connectivity index (χ1) is 15.4. The standard InChI is InChI=1S/C26H27ClN2O3/c1-29-24(31)20(16-18-8-4-2-5-9-18)17-26(29,23(30)19-12-14-21(27)15-13-19)25(32)28-22-10-6-3-7-11-22/h2,4-5,8-9,12-16,22H,3,6-7,10-11,17H2,1H3,(H,28,32)/b20-16+. The first kappa shape index (κ1) is 22.3. The van der Waals surface area contributed by atoms with Gasteiger partial charge in [-0.1, -0.05) is 61.2 Å². The molecular formula is C26H27ClN2O3. The lowest BCUT2D eigenvalue weighted by atomic mass is 9.83. The van der Waals surface area contributed by atoms with E-state index in [9.17, 15) is 14.4 Å². The number of benzene rings is 2. The third-order valence-electron chi connectivity index (χ3n) is 6.54. The van der Waals surface area contributed by atoms with Crippen LogP contribution in [0, 0.1) is 0 Å². The molecule has 1 aliphatic carbocycles. The van der Waals surface area contributed by atoms with Crippen molar-refractivity contribution >= 4 is 35.3 Å². The summed E-state index contributed by atoms with van der Waals surface area (Å²) in [6.45, 7) is 0. The number of carbonyl (C=O) groups excluding carboxylic acids is 3. The summed E-state index contributed by atoms with van der Waals surface area (Å²) >= 11 is 6.00. The van der Waals surface area contributed by atoms with Gasteiger partial charge in [0.2, 0.25) is 0 Å². The van der Waals surface area contributed by atoms with Crippen molar-refractivity contribution in [1.29, 1.82) is 0 Å². The summed E-state index contributed by atoms with van der Waals surface area (Å²) in [7, 11) is 1.54. The molecular weight excluding hydrogens is 424 g/mol. The van der Waals surface area contributed by atoms with Gasteiger partial charge in [0.25, 0.3) is 11.8 Å². The first-order valence-electron chi connectivity index (χ1n) is 11.1. The van der Waals surface area contributed by atoms with Crippen molar-refractivity contribution in [2.45, 2.75) is 50.1 Å². The Labute approximate surface area is 193 Å². The number of hydrogen-bond acceptors (Lipinski definition) is 3. The molecule has 2 aliphatic rings. The summed E-state index contributed by atoms with van der Waals surface area (Å²) < 4.78 is 0. The van der Waals surface area contributed by atoms with Gasteiger partial charge in [-0.25, -0.2) is 0 Å². The van der Waals surface area contributed by atoms with Crippen molar-refractivity contribution in [3.05, 3.63) is 76.3 Å². The lowest BCUT2D eigenvalue weighted by Gasteiger charge is -2.35. The van der Waals surface area contributed by atoms with Crippen molar-refractivity contribution in [3.8, 4) is 0 Å². The van der Waals surface area contributed by atoms with Crippen LogP contribution in [-0.4, -0.2) is 41.1 Å². The molecule has 2 aromatic rings. The number of carbonyl (C=O) groups is 3. The quantitative estimate of drug-likeness (QED) is 0.409. The molecule has 0 spiro atoms. The second kappa shape index (κ2) is 9.29. The molecule has 1 unspecified atom stereocenters. The fourth-order valence-corrected chi connectivity index (χ4v) is 4.81. The number of Topliss-reactive ketones (excluding diaryl/α,β-unsaturated/α-hetero) is 1. The topological polar surface area (TPSA) is 66.5 Å². The van der Waals surface area contributed by atoms with Crippen LogP contribution >= 0.6 is 11.6 Å². The van der Waals surface area contributed by atoms with Crippen molar-refractivity contribution in [1.82, 2.24) is 10.2 Å². The summed E-state index contributed by atoms with van der Waals surface area (Å²) in [5.41, 5.74) is 0.0310. The van der Waals surface area contributed by atoms with Crippen LogP contribution in [0.1, 0.15) is 54.4 Å². The number of rotatable bonds is 5. The number of nitrogens with zero attached hydrogens (tertiary/aromatic N) is 1. The van der Waals surface area contributed by atoms with E-state index in [1.807, 2.05) is 30.3 Å². The second-order valence-electron chi connectivity index (χ2n) is 8.63. The van der Waals surface area contributed by atoms with Crippen molar-refractivity contribution in [2.75, 3.05) is 7.05 Å². The minimum atomic E-state index is -1.62. The fraction of sp³-hybridized carbons (Fsp3) is 0.346. The summed E-state index contributed by atoms with van der Waals surface area (Å²) in [4.78, 5) is 42.0. The Kier molecular flexibility index (Phi) is 6.47. The van der Waals surface area contributed by atoms with Crippen molar-refractivity contribution < 1.29 is 14.4 Å². The van der Waals surface area contributed by atoms with Crippen LogP contribution in [0.3, 0.4) is 0 Å². The molecule has 32 heavy (non-hydrogen) atoms. The molecule has 1 saturated heterocycles. The minimum Gasteiger partial charge on any atom is -0.351 e. The zero-order valence-corrected chi connectivity index (χ0v) is 18.9. The predicted octanol–water partition coefficient (Wildman–Crippen LogP) is 4.66. The van der Waals surface area contributed by atoms with Crippen LogP contribution < -0.4 is 5.32 Å². The molecule has 0 radical (unpaired) electrons. The molecule has 166 valence electrons. The Hall–Kier alpha value is -2.92. The van der Waals surface area contributed by atoms with Crippen LogP contribution in [0.5, 0.6) is 0 Å². The molecule has 5 nitrogen and oxygen atoms in total. The molecule has 2 aromatic carbocycles. The van der Waals surface area contributed by atoms with Crippen LogP contribution in [-0.2, 0) is 9.59 Å². The zero-order valence-electron chi connectivity index (χ0n) is 18.1. The molecule has 2 amide bonds. The molecule has 1 N–H and O–H groups in total. The van der Waals surface area contributed by atoms with E-state index in [2.05, 4.69) is 5.32 Å². The Morgan fingerprint density at radius 2 is 1.69 bits per heavy atom. The number of nitrogens with one attached hydrogen (secondary N) is 1. The normalized spacial score (nSPS) is 22.9. The maximum Gasteiger partial charge on any atom is 0.254 e. The maximum absolute atomic E-state index is 13.8. The van der Waals surface area contributed by atoms with Gasteiger partial charge in [0.05, 0.1) is 0 Å². The average molecular weight is 451 g/mol.